The molecule has 0 aliphatic heterocycles. The summed E-state index contributed by atoms with van der Waals surface area (Å²) in [4.78, 5) is 0. The first-order valence-corrected chi connectivity index (χ1v) is 30.3. The first-order valence-electron chi connectivity index (χ1n) is 30.3. The van der Waals surface area contributed by atoms with Crippen molar-refractivity contribution in [3.05, 3.63) is 367 Å². The number of hydrogen-bond acceptors (Lipinski definition) is 0. The Morgan fingerprint density at radius 3 is 0.741 bits per heavy atom. The number of fused-ring (bicyclic) bond motifs is 16. The van der Waals surface area contributed by atoms with Gasteiger partial charge in [0.1, 0.15) is 0 Å². The van der Waals surface area contributed by atoms with Crippen molar-refractivity contribution in [3.8, 4) is 55.6 Å². The lowest BCUT2D eigenvalue weighted by molar-refractivity contribution is 0.659. The van der Waals surface area contributed by atoms with Gasteiger partial charge in [-0.3, -0.25) is 0 Å². The van der Waals surface area contributed by atoms with Crippen LogP contribution < -0.4 is 0 Å². The van der Waals surface area contributed by atoms with Gasteiger partial charge in [-0.15, -0.1) is 0 Å². The van der Waals surface area contributed by atoms with E-state index in [4.69, 9.17) is 0 Å². The Labute approximate surface area is 505 Å². The Hall–Kier alpha value is -9.36. The van der Waals surface area contributed by atoms with E-state index in [-0.39, 0.29) is 16.2 Å². The highest BCUT2D eigenvalue weighted by Gasteiger charge is 2.52. The third kappa shape index (κ3) is 9.22. The second kappa shape index (κ2) is 21.7. The molecular formula is C85H74. The van der Waals surface area contributed by atoms with E-state index in [9.17, 15) is 0 Å². The average Bonchev–Trinajstić information content (AvgIpc) is 1.57. The molecule has 0 heteroatoms. The quantitative estimate of drug-likeness (QED) is 0.165. The van der Waals surface area contributed by atoms with Gasteiger partial charge in [0.2, 0.25) is 0 Å². The Morgan fingerprint density at radius 2 is 0.424 bits per heavy atom. The molecule has 16 rings (SSSR count). The van der Waals surface area contributed by atoms with Crippen LogP contribution in [0.2, 0.25) is 0 Å². The molecule has 0 unspecified atom stereocenters. The van der Waals surface area contributed by atoms with Crippen molar-refractivity contribution in [1.82, 2.24) is 0 Å². The van der Waals surface area contributed by atoms with E-state index >= 15 is 0 Å². The van der Waals surface area contributed by atoms with Crippen LogP contribution in [0.3, 0.4) is 0 Å². The lowest BCUT2D eigenvalue weighted by atomic mass is 9.67. The second-order valence-corrected chi connectivity index (χ2v) is 25.0. The molecule has 0 aromatic heterocycles. The molecule has 0 nitrogen and oxygen atoms in total. The van der Waals surface area contributed by atoms with Crippen LogP contribution in [0, 0.1) is 55.4 Å². The van der Waals surface area contributed by atoms with Crippen molar-refractivity contribution < 1.29 is 0 Å². The zero-order valence-corrected chi connectivity index (χ0v) is 50.9. The molecule has 12 aromatic rings. The van der Waals surface area contributed by atoms with Crippen LogP contribution in [-0.4, -0.2) is 0 Å². The van der Waals surface area contributed by atoms with Crippen LogP contribution in [-0.2, 0) is 16.2 Å². The standard InChI is InChI=1S/C27H20.C27H22.C17H18.C14H14/c1-17-11-13-21-22-14-12-18(2)16-26(22)27(25(21)15-17)23-9-5-3-7-19(23)20-8-4-6-10-24(20)27;1-19-13-15-23-24-16-14-20(2)18-26(24)27(25(23)17-19,21-9-5-3-6-10-21)22-11-7-4-8-12-22;1-11-5-7-13-14-8-6-12(2)10-16(14)17(3,4)15(13)9-11;1-11-3-7-13(8-4-11)14-9-5-12(2)6-10-14/h3-16H,1-2H3;3-18H,1-2H3;5-10H,1-4H3;3-10H,1-2H3. The smallest absolute Gasteiger partial charge is 0.0622 e. The number of benzene rings is 12. The number of rotatable bonds is 3. The summed E-state index contributed by atoms with van der Waals surface area (Å²) in [5, 5.41) is 0. The topological polar surface area (TPSA) is 0 Å². The fraction of sp³-hybridized carbons (Fsp3) is 0.153. The maximum atomic E-state index is 2.41. The van der Waals surface area contributed by atoms with E-state index in [1.54, 1.807) is 0 Å². The van der Waals surface area contributed by atoms with Crippen molar-refractivity contribution in [2.45, 2.75) is 85.5 Å². The summed E-state index contributed by atoms with van der Waals surface area (Å²) in [6.07, 6.45) is 0. The van der Waals surface area contributed by atoms with Gasteiger partial charge in [0.25, 0.3) is 0 Å². The third-order valence-electron chi connectivity index (χ3n) is 18.7. The lowest BCUT2D eigenvalue weighted by Crippen LogP contribution is -2.28. The van der Waals surface area contributed by atoms with Crippen molar-refractivity contribution in [2.75, 3.05) is 0 Å². The van der Waals surface area contributed by atoms with Crippen LogP contribution in [0.25, 0.3) is 55.6 Å². The summed E-state index contributed by atoms with van der Waals surface area (Å²) < 4.78 is 0. The van der Waals surface area contributed by atoms with Crippen molar-refractivity contribution in [3.63, 3.8) is 0 Å². The Kier molecular flexibility index (Phi) is 14.0. The van der Waals surface area contributed by atoms with Gasteiger partial charge in [0, 0.05) is 5.41 Å². The van der Waals surface area contributed by atoms with E-state index < -0.39 is 0 Å². The molecule has 0 radical (unpaired) electrons. The molecule has 0 fully saturated rings. The lowest BCUT2D eigenvalue weighted by Gasteiger charge is -2.34. The Morgan fingerprint density at radius 1 is 0.188 bits per heavy atom. The van der Waals surface area contributed by atoms with E-state index in [0.717, 1.165) is 0 Å². The highest BCUT2D eigenvalue weighted by atomic mass is 14.5. The number of aryl methyl sites for hydroxylation is 8. The molecule has 0 bridgehead atoms. The summed E-state index contributed by atoms with van der Waals surface area (Å²) in [6, 6.07) is 98.5. The molecule has 12 aromatic carbocycles. The molecule has 0 saturated carbocycles. The highest BCUT2D eigenvalue weighted by Crippen LogP contribution is 2.63. The largest absolute Gasteiger partial charge is 0.0725 e. The SMILES string of the molecule is Cc1ccc(-c2ccc(C)cc2)cc1.Cc1ccc2c(c1)C(C)(C)c1cc(C)ccc1-2.Cc1ccc2c(c1)C(c1ccccc1)(c1ccccc1)c1cc(C)ccc1-2.Cc1ccc2c(c1)C1(c3ccccc3-c3ccccc31)c1cc(C)ccc1-2. The molecule has 0 atom stereocenters. The van der Waals surface area contributed by atoms with Gasteiger partial charge in [-0.25, -0.2) is 0 Å². The van der Waals surface area contributed by atoms with E-state index in [2.05, 4.69) is 336 Å². The van der Waals surface area contributed by atoms with Crippen LogP contribution in [0.4, 0.5) is 0 Å². The molecule has 0 amide bonds. The summed E-state index contributed by atoms with van der Waals surface area (Å²) in [6.45, 7) is 22.0. The van der Waals surface area contributed by atoms with Crippen molar-refractivity contribution >= 4 is 0 Å². The van der Waals surface area contributed by atoms with Crippen LogP contribution in [0.15, 0.2) is 267 Å². The molecule has 0 heterocycles. The Balaban J connectivity index is 0.000000109. The molecule has 4 aliphatic rings. The van der Waals surface area contributed by atoms with Crippen LogP contribution >= 0.6 is 0 Å². The minimum absolute atomic E-state index is 0.142. The molecule has 4 aliphatic carbocycles. The maximum Gasteiger partial charge on any atom is 0.0725 e. The van der Waals surface area contributed by atoms with Crippen LogP contribution in [0.1, 0.15) is 114 Å². The minimum Gasteiger partial charge on any atom is -0.0622 e. The Bertz CT molecular complexity index is 4100. The summed E-state index contributed by atoms with van der Waals surface area (Å²) in [5.74, 6) is 0. The van der Waals surface area contributed by atoms with Gasteiger partial charge in [-0.2, -0.15) is 0 Å². The normalized spacial score (nSPS) is 13.8. The monoisotopic (exact) mass is 1090 g/mol. The second-order valence-electron chi connectivity index (χ2n) is 25.0. The predicted octanol–water partition coefficient (Wildman–Crippen LogP) is 21.9. The predicted molar refractivity (Wildman–Crippen MR) is 360 cm³/mol. The van der Waals surface area contributed by atoms with E-state index in [1.165, 1.54) is 156 Å². The van der Waals surface area contributed by atoms with E-state index in [1.807, 2.05) is 0 Å². The van der Waals surface area contributed by atoms with Crippen LogP contribution in [0.5, 0.6) is 0 Å². The van der Waals surface area contributed by atoms with Gasteiger partial charge in [-0.1, -0.05) is 325 Å². The van der Waals surface area contributed by atoms with Crippen molar-refractivity contribution in [2.24, 2.45) is 0 Å². The van der Waals surface area contributed by atoms with Gasteiger partial charge in [0.15, 0.2) is 0 Å². The molecule has 0 saturated heterocycles. The minimum atomic E-state index is -0.273. The summed E-state index contributed by atoms with van der Waals surface area (Å²) in [7, 11) is 0. The highest BCUT2D eigenvalue weighted by molar-refractivity contribution is 5.95. The van der Waals surface area contributed by atoms with Gasteiger partial charge >= 0.3 is 0 Å². The molecule has 0 N–H and O–H groups in total. The molecule has 85 heavy (non-hydrogen) atoms. The van der Waals surface area contributed by atoms with Gasteiger partial charge in [0.05, 0.1) is 10.8 Å². The number of hydrogen-bond donors (Lipinski definition) is 0. The van der Waals surface area contributed by atoms with Crippen molar-refractivity contribution in [1.29, 1.82) is 0 Å². The van der Waals surface area contributed by atoms with Gasteiger partial charge < -0.3 is 0 Å². The third-order valence-corrected chi connectivity index (χ3v) is 18.7. The molecule has 1 spiro atoms. The molecule has 414 valence electrons. The van der Waals surface area contributed by atoms with E-state index in [0.29, 0.717) is 0 Å². The fourth-order valence-corrected chi connectivity index (χ4v) is 14.5. The maximum absolute atomic E-state index is 2.41. The zero-order chi connectivity index (χ0) is 58.8. The fourth-order valence-electron chi connectivity index (χ4n) is 14.5. The summed E-state index contributed by atoms with van der Waals surface area (Å²) in [5.41, 5.74) is 37.9. The summed E-state index contributed by atoms with van der Waals surface area (Å²) >= 11 is 0. The molecular weight excluding hydrogens is 1020 g/mol. The van der Waals surface area contributed by atoms with Gasteiger partial charge in [-0.05, 0) is 167 Å². The first kappa shape index (κ1) is 54.9. The first-order chi connectivity index (χ1) is 41.2. The zero-order valence-electron chi connectivity index (χ0n) is 50.9. The average molecular weight is 1100 g/mol.